The van der Waals surface area contributed by atoms with Crippen LogP contribution in [0.15, 0.2) is 12.1 Å². The molecule has 0 bridgehead atoms. The van der Waals surface area contributed by atoms with E-state index in [4.69, 9.17) is 0 Å². The van der Waals surface area contributed by atoms with Gasteiger partial charge in [-0.15, -0.1) is 0 Å². The molecule has 1 aromatic heterocycles. The van der Waals surface area contributed by atoms with Crippen LogP contribution in [0.25, 0.3) is 0 Å². The first-order chi connectivity index (χ1) is 9.93. The molecule has 1 atom stereocenters. The molecule has 1 saturated heterocycles. The fourth-order valence-electron chi connectivity index (χ4n) is 2.57. The number of aromatic nitrogens is 1. The van der Waals surface area contributed by atoms with E-state index in [0.717, 1.165) is 6.42 Å². The molecule has 2 rings (SSSR count). The molecule has 1 unspecified atom stereocenters. The van der Waals surface area contributed by atoms with E-state index in [9.17, 15) is 15.2 Å². The minimum Gasteiger partial charge on any atom is -0.390 e. The zero-order valence-electron chi connectivity index (χ0n) is 12.5. The molecule has 0 aliphatic carbocycles. The predicted molar refractivity (Wildman–Crippen MR) is 81.7 cm³/mol. The van der Waals surface area contributed by atoms with Gasteiger partial charge in [0, 0.05) is 25.7 Å². The van der Waals surface area contributed by atoms with E-state index in [1.807, 2.05) is 18.7 Å². The third kappa shape index (κ3) is 3.81. The van der Waals surface area contributed by atoms with Gasteiger partial charge in [-0.05, 0) is 39.2 Å². The molecule has 21 heavy (non-hydrogen) atoms. The SMILES string of the molecule is CCNc1ccc([N+](=O)[O-])c(N2CCCC(C)(O)CC2)n1. The molecule has 1 aromatic rings. The summed E-state index contributed by atoms with van der Waals surface area (Å²) >= 11 is 0. The minimum absolute atomic E-state index is 0.0122. The Morgan fingerprint density at radius 2 is 2.24 bits per heavy atom. The predicted octanol–water partition coefficient (Wildman–Crippen LogP) is 2.16. The highest BCUT2D eigenvalue weighted by molar-refractivity contribution is 5.62. The minimum atomic E-state index is -0.706. The topological polar surface area (TPSA) is 91.5 Å². The van der Waals surface area contributed by atoms with Crippen LogP contribution < -0.4 is 10.2 Å². The van der Waals surface area contributed by atoms with Crippen molar-refractivity contribution in [2.24, 2.45) is 0 Å². The maximum Gasteiger partial charge on any atom is 0.311 e. The Morgan fingerprint density at radius 3 is 2.90 bits per heavy atom. The summed E-state index contributed by atoms with van der Waals surface area (Å²) in [6, 6.07) is 3.11. The van der Waals surface area contributed by atoms with Crippen molar-refractivity contribution in [3.05, 3.63) is 22.2 Å². The molecule has 2 N–H and O–H groups in total. The summed E-state index contributed by atoms with van der Waals surface area (Å²) in [7, 11) is 0. The summed E-state index contributed by atoms with van der Waals surface area (Å²) in [6.07, 6.45) is 2.07. The molecule has 2 heterocycles. The lowest BCUT2D eigenvalue weighted by Crippen LogP contribution is -2.29. The van der Waals surface area contributed by atoms with E-state index in [-0.39, 0.29) is 5.69 Å². The fourth-order valence-corrected chi connectivity index (χ4v) is 2.57. The molecular formula is C14H22N4O3. The third-order valence-electron chi connectivity index (χ3n) is 3.77. The van der Waals surface area contributed by atoms with Gasteiger partial charge < -0.3 is 15.3 Å². The van der Waals surface area contributed by atoms with Crippen LogP contribution in [0, 0.1) is 10.1 Å². The van der Waals surface area contributed by atoms with Crippen molar-refractivity contribution in [1.29, 1.82) is 0 Å². The quantitative estimate of drug-likeness (QED) is 0.653. The van der Waals surface area contributed by atoms with Crippen molar-refractivity contribution in [3.63, 3.8) is 0 Å². The van der Waals surface area contributed by atoms with E-state index in [1.54, 1.807) is 6.07 Å². The van der Waals surface area contributed by atoms with Gasteiger partial charge >= 0.3 is 5.69 Å². The summed E-state index contributed by atoms with van der Waals surface area (Å²) in [5, 5.41) is 24.4. The molecule has 1 fully saturated rings. The van der Waals surface area contributed by atoms with E-state index < -0.39 is 10.5 Å². The lowest BCUT2D eigenvalue weighted by atomic mass is 9.98. The Labute approximate surface area is 124 Å². The molecule has 116 valence electrons. The van der Waals surface area contributed by atoms with E-state index in [1.165, 1.54) is 6.07 Å². The lowest BCUT2D eigenvalue weighted by molar-refractivity contribution is -0.384. The molecule has 0 radical (unpaired) electrons. The van der Waals surface area contributed by atoms with Crippen LogP contribution in [0.5, 0.6) is 0 Å². The average Bonchev–Trinajstić information content (AvgIpc) is 2.60. The third-order valence-corrected chi connectivity index (χ3v) is 3.77. The van der Waals surface area contributed by atoms with Crippen molar-refractivity contribution in [1.82, 2.24) is 4.98 Å². The Kier molecular flexibility index (Phi) is 4.62. The Bertz CT molecular complexity index is 519. The maximum atomic E-state index is 11.2. The maximum absolute atomic E-state index is 11.2. The standard InChI is InChI=1S/C14H22N4O3/c1-3-15-12-6-5-11(18(20)21)13(16-12)17-9-4-7-14(2,19)8-10-17/h5-6,19H,3-4,7-10H2,1-2H3,(H,15,16). The van der Waals surface area contributed by atoms with Crippen molar-refractivity contribution < 1.29 is 10.0 Å². The summed E-state index contributed by atoms with van der Waals surface area (Å²) in [5.41, 5.74) is -0.693. The van der Waals surface area contributed by atoms with Gasteiger partial charge in [-0.1, -0.05) is 0 Å². The highest BCUT2D eigenvalue weighted by Crippen LogP contribution is 2.31. The van der Waals surface area contributed by atoms with Gasteiger partial charge in [0.1, 0.15) is 5.82 Å². The second kappa shape index (κ2) is 6.26. The number of hydrogen-bond donors (Lipinski definition) is 2. The number of nitro groups is 1. The van der Waals surface area contributed by atoms with Crippen LogP contribution in [0.1, 0.15) is 33.1 Å². The van der Waals surface area contributed by atoms with Gasteiger partial charge in [0.2, 0.25) is 5.82 Å². The normalized spacial score (nSPS) is 22.7. The zero-order valence-corrected chi connectivity index (χ0v) is 12.5. The Hall–Kier alpha value is -1.89. The molecule has 0 spiro atoms. The van der Waals surface area contributed by atoms with E-state index in [2.05, 4.69) is 10.3 Å². The number of hydrogen-bond acceptors (Lipinski definition) is 6. The average molecular weight is 294 g/mol. The molecule has 1 aliphatic rings. The summed E-state index contributed by atoms with van der Waals surface area (Å²) in [5.74, 6) is 1.02. The molecular weight excluding hydrogens is 272 g/mol. The second-order valence-electron chi connectivity index (χ2n) is 5.66. The number of aliphatic hydroxyl groups is 1. The number of nitrogens with one attached hydrogen (secondary N) is 1. The highest BCUT2D eigenvalue weighted by Gasteiger charge is 2.29. The smallest absolute Gasteiger partial charge is 0.311 e. The van der Waals surface area contributed by atoms with Crippen LogP contribution in [0.3, 0.4) is 0 Å². The zero-order chi connectivity index (χ0) is 15.5. The van der Waals surface area contributed by atoms with Gasteiger partial charge in [0.05, 0.1) is 10.5 Å². The van der Waals surface area contributed by atoms with Crippen molar-refractivity contribution in [2.75, 3.05) is 29.9 Å². The van der Waals surface area contributed by atoms with Crippen LogP contribution in [-0.4, -0.2) is 40.2 Å². The van der Waals surface area contributed by atoms with E-state index in [0.29, 0.717) is 44.1 Å². The molecule has 0 saturated carbocycles. The first kappa shape index (κ1) is 15.5. The van der Waals surface area contributed by atoms with Gasteiger partial charge in [-0.2, -0.15) is 0 Å². The first-order valence-electron chi connectivity index (χ1n) is 7.29. The largest absolute Gasteiger partial charge is 0.390 e. The summed E-state index contributed by atoms with van der Waals surface area (Å²) in [6.45, 7) is 5.70. The van der Waals surface area contributed by atoms with Gasteiger partial charge in [0.25, 0.3) is 0 Å². The molecule has 0 amide bonds. The van der Waals surface area contributed by atoms with Crippen molar-refractivity contribution in [3.8, 4) is 0 Å². The van der Waals surface area contributed by atoms with Gasteiger partial charge in [-0.25, -0.2) is 4.98 Å². The fraction of sp³-hybridized carbons (Fsp3) is 0.643. The van der Waals surface area contributed by atoms with E-state index >= 15 is 0 Å². The first-order valence-corrected chi connectivity index (χ1v) is 7.29. The number of anilines is 2. The number of nitrogens with zero attached hydrogens (tertiary/aromatic N) is 3. The summed E-state index contributed by atoms with van der Waals surface area (Å²) < 4.78 is 0. The van der Waals surface area contributed by atoms with Gasteiger partial charge in [0.15, 0.2) is 0 Å². The van der Waals surface area contributed by atoms with Crippen LogP contribution >= 0.6 is 0 Å². The monoisotopic (exact) mass is 294 g/mol. The molecule has 0 aromatic carbocycles. The van der Waals surface area contributed by atoms with Crippen molar-refractivity contribution in [2.45, 2.75) is 38.7 Å². The van der Waals surface area contributed by atoms with Crippen LogP contribution in [-0.2, 0) is 0 Å². The highest BCUT2D eigenvalue weighted by atomic mass is 16.6. The Balaban J connectivity index is 2.31. The lowest BCUT2D eigenvalue weighted by Gasteiger charge is -2.23. The molecule has 1 aliphatic heterocycles. The summed E-state index contributed by atoms with van der Waals surface area (Å²) in [4.78, 5) is 17.1. The van der Waals surface area contributed by atoms with Crippen molar-refractivity contribution >= 4 is 17.3 Å². The number of pyridine rings is 1. The van der Waals surface area contributed by atoms with Gasteiger partial charge in [-0.3, -0.25) is 10.1 Å². The Morgan fingerprint density at radius 1 is 1.48 bits per heavy atom. The number of rotatable bonds is 4. The molecule has 7 heteroatoms. The van der Waals surface area contributed by atoms with Crippen LogP contribution in [0.4, 0.5) is 17.3 Å². The van der Waals surface area contributed by atoms with Crippen LogP contribution in [0.2, 0.25) is 0 Å². The second-order valence-corrected chi connectivity index (χ2v) is 5.66. The molecule has 7 nitrogen and oxygen atoms in total.